The molecule has 0 amide bonds. The van der Waals surface area contributed by atoms with E-state index >= 15 is 0 Å². The van der Waals surface area contributed by atoms with Crippen molar-refractivity contribution in [1.82, 2.24) is 0 Å². The standard InChI is InChI=1S/C24H44O4Si/c1-9-20(28-29(7,8)24(4,5)6)16-14-12-10-11-13-15-17-21-18(2)22(25)19(3)23(26)27-21/h20,25H,9-17H2,1-8H3. The third kappa shape index (κ3) is 7.93. The summed E-state index contributed by atoms with van der Waals surface area (Å²) in [4.78, 5) is 11.7. The lowest BCUT2D eigenvalue weighted by Gasteiger charge is -2.39. The second kappa shape index (κ2) is 11.4. The van der Waals surface area contributed by atoms with E-state index in [-0.39, 0.29) is 10.8 Å². The molecule has 29 heavy (non-hydrogen) atoms. The lowest BCUT2D eigenvalue weighted by molar-refractivity contribution is 0.163. The molecule has 0 saturated heterocycles. The topological polar surface area (TPSA) is 59.7 Å². The number of aromatic hydroxyl groups is 1. The Kier molecular flexibility index (Phi) is 10.2. The van der Waals surface area contributed by atoms with E-state index in [1.54, 1.807) is 6.92 Å². The van der Waals surface area contributed by atoms with E-state index in [4.69, 9.17) is 8.84 Å². The van der Waals surface area contributed by atoms with E-state index in [1.165, 1.54) is 25.7 Å². The molecule has 0 fully saturated rings. The van der Waals surface area contributed by atoms with E-state index in [0.717, 1.165) is 25.7 Å². The molecule has 5 heteroatoms. The zero-order valence-corrected chi connectivity index (χ0v) is 21.1. The molecule has 0 aromatic carbocycles. The predicted molar refractivity (Wildman–Crippen MR) is 125 cm³/mol. The van der Waals surface area contributed by atoms with Crippen LogP contribution in [-0.2, 0) is 10.8 Å². The van der Waals surface area contributed by atoms with Gasteiger partial charge < -0.3 is 13.9 Å². The molecule has 0 radical (unpaired) electrons. The van der Waals surface area contributed by atoms with Crippen LogP contribution in [0.3, 0.4) is 0 Å². The maximum Gasteiger partial charge on any atom is 0.342 e. The van der Waals surface area contributed by atoms with E-state index < -0.39 is 13.9 Å². The van der Waals surface area contributed by atoms with Gasteiger partial charge in [-0.25, -0.2) is 4.79 Å². The Morgan fingerprint density at radius 1 is 1.00 bits per heavy atom. The first-order valence-electron chi connectivity index (χ1n) is 11.4. The minimum Gasteiger partial charge on any atom is -0.507 e. The Morgan fingerprint density at radius 3 is 2.10 bits per heavy atom. The van der Waals surface area contributed by atoms with Crippen LogP contribution in [0.15, 0.2) is 9.21 Å². The van der Waals surface area contributed by atoms with Gasteiger partial charge in [0.05, 0.1) is 5.56 Å². The second-order valence-electron chi connectivity index (χ2n) is 9.98. The average Bonchev–Trinajstić information content (AvgIpc) is 2.63. The fourth-order valence-electron chi connectivity index (χ4n) is 3.32. The molecule has 1 atom stereocenters. The van der Waals surface area contributed by atoms with Crippen molar-refractivity contribution in [2.24, 2.45) is 0 Å². The van der Waals surface area contributed by atoms with Crippen molar-refractivity contribution >= 4 is 8.32 Å². The lowest BCUT2D eigenvalue weighted by Crippen LogP contribution is -2.43. The van der Waals surface area contributed by atoms with Gasteiger partial charge in [-0.3, -0.25) is 0 Å². The van der Waals surface area contributed by atoms with Crippen molar-refractivity contribution in [3.05, 3.63) is 27.3 Å². The highest BCUT2D eigenvalue weighted by Gasteiger charge is 2.38. The van der Waals surface area contributed by atoms with Crippen molar-refractivity contribution < 1.29 is 13.9 Å². The monoisotopic (exact) mass is 424 g/mol. The van der Waals surface area contributed by atoms with Gasteiger partial charge >= 0.3 is 5.63 Å². The first kappa shape index (κ1) is 26.0. The van der Waals surface area contributed by atoms with Crippen LogP contribution in [-0.4, -0.2) is 19.5 Å². The summed E-state index contributed by atoms with van der Waals surface area (Å²) in [7, 11) is -1.67. The molecular weight excluding hydrogens is 380 g/mol. The Hall–Kier alpha value is -1.07. The second-order valence-corrected chi connectivity index (χ2v) is 14.7. The third-order valence-electron chi connectivity index (χ3n) is 6.55. The van der Waals surface area contributed by atoms with E-state index in [1.807, 2.05) is 6.92 Å². The molecule has 1 heterocycles. The largest absolute Gasteiger partial charge is 0.507 e. The molecular formula is C24H44O4Si. The molecule has 1 unspecified atom stereocenters. The summed E-state index contributed by atoms with van der Waals surface area (Å²) in [6.45, 7) is 17.2. The van der Waals surface area contributed by atoms with Crippen molar-refractivity contribution in [2.75, 3.05) is 0 Å². The predicted octanol–water partition coefficient (Wildman–Crippen LogP) is 7.04. The Balaban J connectivity index is 2.25. The van der Waals surface area contributed by atoms with Crippen molar-refractivity contribution in [2.45, 2.75) is 124 Å². The first-order valence-corrected chi connectivity index (χ1v) is 14.3. The molecule has 0 aliphatic heterocycles. The Labute approximate surface area is 179 Å². The first-order chi connectivity index (χ1) is 13.4. The SMILES string of the molecule is CCC(CCCCCCCCc1oc(=O)c(C)c(O)c1C)O[Si](C)(C)C(C)(C)C. The molecule has 0 aliphatic carbocycles. The summed E-state index contributed by atoms with van der Waals surface area (Å²) in [5.74, 6) is 0.716. The molecule has 0 bridgehead atoms. The maximum atomic E-state index is 11.7. The van der Waals surface area contributed by atoms with Crippen LogP contribution in [0.4, 0.5) is 0 Å². The van der Waals surface area contributed by atoms with Crippen LogP contribution in [0.1, 0.15) is 95.9 Å². The van der Waals surface area contributed by atoms with Crippen LogP contribution >= 0.6 is 0 Å². The molecule has 1 rings (SSSR count). The van der Waals surface area contributed by atoms with Crippen LogP contribution < -0.4 is 5.63 Å². The highest BCUT2D eigenvalue weighted by molar-refractivity contribution is 6.74. The summed E-state index contributed by atoms with van der Waals surface area (Å²) in [6.07, 6.45) is 10.4. The molecule has 1 aromatic heterocycles. The third-order valence-corrected chi connectivity index (χ3v) is 11.1. The molecule has 1 aromatic rings. The van der Waals surface area contributed by atoms with Gasteiger partial charge in [0.2, 0.25) is 0 Å². The van der Waals surface area contributed by atoms with Crippen LogP contribution in [0.25, 0.3) is 0 Å². The summed E-state index contributed by atoms with van der Waals surface area (Å²) in [6, 6.07) is 0. The average molecular weight is 425 g/mol. The van der Waals surface area contributed by atoms with Crippen molar-refractivity contribution in [3.8, 4) is 5.75 Å². The fourth-order valence-corrected chi connectivity index (χ4v) is 4.79. The summed E-state index contributed by atoms with van der Waals surface area (Å²) < 4.78 is 11.9. The lowest BCUT2D eigenvalue weighted by atomic mass is 10.0. The Bertz CT molecular complexity index is 685. The van der Waals surface area contributed by atoms with Gasteiger partial charge in [0, 0.05) is 18.1 Å². The summed E-state index contributed by atoms with van der Waals surface area (Å²) >= 11 is 0. The van der Waals surface area contributed by atoms with Gasteiger partial charge in [-0.05, 0) is 51.2 Å². The van der Waals surface area contributed by atoms with Crippen molar-refractivity contribution in [1.29, 1.82) is 0 Å². The van der Waals surface area contributed by atoms with E-state index in [0.29, 0.717) is 29.4 Å². The Morgan fingerprint density at radius 2 is 1.55 bits per heavy atom. The molecule has 168 valence electrons. The quantitative estimate of drug-likeness (QED) is 0.289. The normalized spacial score (nSPS) is 13.7. The zero-order valence-electron chi connectivity index (χ0n) is 20.1. The molecule has 1 N–H and O–H groups in total. The van der Waals surface area contributed by atoms with Gasteiger partial charge in [0.15, 0.2) is 8.32 Å². The number of hydrogen-bond donors (Lipinski definition) is 1. The minimum atomic E-state index is -1.67. The molecule has 0 aliphatic rings. The zero-order chi connectivity index (χ0) is 22.2. The van der Waals surface area contributed by atoms with E-state index in [9.17, 15) is 9.90 Å². The van der Waals surface area contributed by atoms with Crippen LogP contribution in [0.5, 0.6) is 5.75 Å². The van der Waals surface area contributed by atoms with Gasteiger partial charge in [0.1, 0.15) is 11.5 Å². The van der Waals surface area contributed by atoms with Gasteiger partial charge in [-0.2, -0.15) is 0 Å². The molecule has 0 spiro atoms. The number of rotatable bonds is 12. The fraction of sp³-hybridized carbons (Fsp3) is 0.792. The minimum absolute atomic E-state index is 0.0849. The number of unbranched alkanes of at least 4 members (excludes halogenated alkanes) is 5. The number of aryl methyl sites for hydroxylation is 1. The van der Waals surface area contributed by atoms with Gasteiger partial charge in [-0.15, -0.1) is 0 Å². The van der Waals surface area contributed by atoms with Crippen LogP contribution in [0, 0.1) is 13.8 Å². The van der Waals surface area contributed by atoms with Crippen molar-refractivity contribution in [3.63, 3.8) is 0 Å². The summed E-state index contributed by atoms with van der Waals surface area (Å²) in [5.41, 5.74) is 0.581. The highest BCUT2D eigenvalue weighted by atomic mass is 28.4. The maximum absolute atomic E-state index is 11.7. The van der Waals surface area contributed by atoms with Crippen LogP contribution in [0.2, 0.25) is 18.1 Å². The smallest absolute Gasteiger partial charge is 0.342 e. The van der Waals surface area contributed by atoms with E-state index in [2.05, 4.69) is 40.8 Å². The number of hydrogen-bond acceptors (Lipinski definition) is 4. The van der Waals surface area contributed by atoms with Gasteiger partial charge in [-0.1, -0.05) is 59.8 Å². The highest BCUT2D eigenvalue weighted by Crippen LogP contribution is 2.38. The summed E-state index contributed by atoms with van der Waals surface area (Å²) in [5, 5.41) is 10.3. The van der Waals surface area contributed by atoms with Gasteiger partial charge in [0.25, 0.3) is 0 Å². The molecule has 4 nitrogen and oxygen atoms in total. The molecule has 0 saturated carbocycles.